The Morgan fingerprint density at radius 2 is 1.90 bits per heavy atom. The molecule has 112 valence electrons. The second kappa shape index (κ2) is 7.06. The normalized spacial score (nSPS) is 28.3. The molecule has 0 bridgehead atoms. The van der Waals surface area contributed by atoms with Crippen LogP contribution < -0.4 is 0 Å². The largest absolute Gasteiger partial charge is 0.390 e. The van der Waals surface area contributed by atoms with Crippen molar-refractivity contribution in [3.8, 4) is 0 Å². The first-order chi connectivity index (χ1) is 9.55. The zero-order valence-electron chi connectivity index (χ0n) is 12.4. The molecule has 3 heteroatoms. The van der Waals surface area contributed by atoms with Gasteiger partial charge in [-0.15, -0.1) is 0 Å². The van der Waals surface area contributed by atoms with Gasteiger partial charge < -0.3 is 9.84 Å². The van der Waals surface area contributed by atoms with Crippen LogP contribution >= 0.6 is 15.9 Å². The van der Waals surface area contributed by atoms with Crippen molar-refractivity contribution in [2.24, 2.45) is 5.92 Å². The Labute approximate surface area is 130 Å². The number of aliphatic hydroxyl groups excluding tert-OH is 1. The van der Waals surface area contributed by atoms with E-state index < -0.39 is 6.10 Å². The van der Waals surface area contributed by atoms with Crippen molar-refractivity contribution in [1.82, 2.24) is 0 Å². The van der Waals surface area contributed by atoms with Gasteiger partial charge in [-0.1, -0.05) is 35.0 Å². The molecule has 0 spiro atoms. The van der Waals surface area contributed by atoms with Gasteiger partial charge in [0.1, 0.15) is 0 Å². The third-order valence-corrected chi connectivity index (χ3v) is 5.03. The minimum atomic E-state index is -0.420. The summed E-state index contributed by atoms with van der Waals surface area (Å²) in [6, 6.07) is 8.19. The minimum Gasteiger partial charge on any atom is -0.390 e. The molecule has 0 aliphatic heterocycles. The molecule has 0 aromatic heterocycles. The molecular weight excluding hydrogens is 316 g/mol. The second-order valence-electron chi connectivity index (χ2n) is 6.03. The lowest BCUT2D eigenvalue weighted by Gasteiger charge is -2.42. The van der Waals surface area contributed by atoms with Crippen molar-refractivity contribution >= 4 is 15.9 Å². The van der Waals surface area contributed by atoms with Crippen molar-refractivity contribution in [2.45, 2.75) is 57.7 Å². The SMILES string of the molecule is CCOC1(C(O)Cc2ccc(Br)cc2)CCC(C)CC1. The molecule has 1 saturated carbocycles. The predicted octanol–water partition coefficient (Wildman–Crippen LogP) is 4.34. The molecule has 20 heavy (non-hydrogen) atoms. The first-order valence-corrected chi connectivity index (χ1v) is 8.41. The summed E-state index contributed by atoms with van der Waals surface area (Å²) in [5.41, 5.74) is 0.826. The standard InChI is InChI=1S/C17H25BrO2/c1-3-20-17(10-8-13(2)9-11-17)16(19)12-14-4-6-15(18)7-5-14/h4-7,13,16,19H,3,8-12H2,1-2H3. The zero-order valence-corrected chi connectivity index (χ0v) is 14.0. The molecule has 2 rings (SSSR count). The van der Waals surface area contributed by atoms with Crippen molar-refractivity contribution in [2.75, 3.05) is 6.61 Å². The third kappa shape index (κ3) is 3.84. The number of halogens is 1. The fourth-order valence-electron chi connectivity index (χ4n) is 3.14. The summed E-state index contributed by atoms with van der Waals surface area (Å²) in [4.78, 5) is 0. The molecular formula is C17H25BrO2. The maximum absolute atomic E-state index is 10.7. The molecule has 1 N–H and O–H groups in total. The van der Waals surface area contributed by atoms with Gasteiger partial charge in [0.2, 0.25) is 0 Å². The molecule has 1 aromatic carbocycles. The monoisotopic (exact) mass is 340 g/mol. The van der Waals surface area contributed by atoms with E-state index in [-0.39, 0.29) is 5.60 Å². The summed E-state index contributed by atoms with van der Waals surface area (Å²) in [6.45, 7) is 4.98. The number of ether oxygens (including phenoxy) is 1. The van der Waals surface area contributed by atoms with Gasteiger partial charge in [-0.05, 0) is 56.2 Å². The first-order valence-electron chi connectivity index (χ1n) is 7.62. The number of benzene rings is 1. The number of rotatable bonds is 5. The summed E-state index contributed by atoms with van der Waals surface area (Å²) in [5, 5.41) is 10.7. The lowest BCUT2D eigenvalue weighted by atomic mass is 9.75. The Balaban J connectivity index is 2.06. The fourth-order valence-corrected chi connectivity index (χ4v) is 3.41. The van der Waals surface area contributed by atoms with Crippen LogP contribution in [0.15, 0.2) is 28.7 Å². The van der Waals surface area contributed by atoms with Crippen LogP contribution in [-0.2, 0) is 11.2 Å². The van der Waals surface area contributed by atoms with Crippen LogP contribution in [-0.4, -0.2) is 23.4 Å². The van der Waals surface area contributed by atoms with Crippen molar-refractivity contribution < 1.29 is 9.84 Å². The molecule has 0 saturated heterocycles. The highest BCUT2D eigenvalue weighted by molar-refractivity contribution is 9.10. The smallest absolute Gasteiger partial charge is 0.0943 e. The Bertz CT molecular complexity index is 408. The molecule has 0 amide bonds. The van der Waals surface area contributed by atoms with Crippen LogP contribution in [0.1, 0.15) is 45.1 Å². The van der Waals surface area contributed by atoms with Crippen LogP contribution in [0.3, 0.4) is 0 Å². The van der Waals surface area contributed by atoms with E-state index in [2.05, 4.69) is 35.0 Å². The maximum Gasteiger partial charge on any atom is 0.0943 e. The lowest BCUT2D eigenvalue weighted by molar-refractivity contribution is -0.143. The quantitative estimate of drug-likeness (QED) is 0.863. The van der Waals surface area contributed by atoms with E-state index in [9.17, 15) is 5.11 Å². The summed E-state index contributed by atoms with van der Waals surface area (Å²) < 4.78 is 7.09. The molecule has 1 unspecified atom stereocenters. The topological polar surface area (TPSA) is 29.5 Å². The second-order valence-corrected chi connectivity index (χ2v) is 6.94. The highest BCUT2D eigenvalue weighted by Crippen LogP contribution is 2.38. The van der Waals surface area contributed by atoms with Crippen LogP contribution in [0, 0.1) is 5.92 Å². The molecule has 0 radical (unpaired) electrons. The highest BCUT2D eigenvalue weighted by Gasteiger charge is 2.41. The molecule has 0 heterocycles. The minimum absolute atomic E-state index is 0.339. The average molecular weight is 341 g/mol. The van der Waals surface area contributed by atoms with E-state index in [1.54, 1.807) is 0 Å². The number of hydrogen-bond acceptors (Lipinski definition) is 2. The van der Waals surface area contributed by atoms with Gasteiger partial charge in [-0.3, -0.25) is 0 Å². The van der Waals surface area contributed by atoms with Gasteiger partial charge in [-0.25, -0.2) is 0 Å². The number of aliphatic hydroxyl groups is 1. The molecule has 1 aliphatic rings. The molecule has 2 nitrogen and oxygen atoms in total. The zero-order chi connectivity index (χ0) is 14.6. The summed E-state index contributed by atoms with van der Waals surface area (Å²) in [6.07, 6.45) is 4.49. The lowest BCUT2D eigenvalue weighted by Crippen LogP contribution is -2.48. The van der Waals surface area contributed by atoms with E-state index in [0.717, 1.165) is 36.1 Å². The number of hydrogen-bond donors (Lipinski definition) is 1. The molecule has 1 aliphatic carbocycles. The van der Waals surface area contributed by atoms with Gasteiger partial charge in [0.15, 0.2) is 0 Å². The van der Waals surface area contributed by atoms with Crippen LogP contribution in [0.4, 0.5) is 0 Å². The summed E-state index contributed by atoms with van der Waals surface area (Å²) >= 11 is 3.44. The molecule has 1 atom stereocenters. The van der Waals surface area contributed by atoms with E-state index in [1.807, 2.05) is 19.1 Å². The fraction of sp³-hybridized carbons (Fsp3) is 0.647. The van der Waals surface area contributed by atoms with Crippen LogP contribution in [0.2, 0.25) is 0 Å². The Morgan fingerprint density at radius 3 is 2.45 bits per heavy atom. The van der Waals surface area contributed by atoms with Crippen molar-refractivity contribution in [3.05, 3.63) is 34.3 Å². The van der Waals surface area contributed by atoms with Gasteiger partial charge in [-0.2, -0.15) is 0 Å². The Morgan fingerprint density at radius 1 is 1.30 bits per heavy atom. The van der Waals surface area contributed by atoms with E-state index in [0.29, 0.717) is 13.0 Å². The van der Waals surface area contributed by atoms with Gasteiger partial charge >= 0.3 is 0 Å². The van der Waals surface area contributed by atoms with Gasteiger partial charge in [0, 0.05) is 17.5 Å². The summed E-state index contributed by atoms with van der Waals surface area (Å²) in [5.74, 6) is 0.753. The van der Waals surface area contributed by atoms with E-state index >= 15 is 0 Å². The molecule has 1 aromatic rings. The summed E-state index contributed by atoms with van der Waals surface area (Å²) in [7, 11) is 0. The van der Waals surface area contributed by atoms with Crippen LogP contribution in [0.5, 0.6) is 0 Å². The first kappa shape index (κ1) is 16.0. The maximum atomic E-state index is 10.7. The van der Waals surface area contributed by atoms with Gasteiger partial charge in [0.25, 0.3) is 0 Å². The third-order valence-electron chi connectivity index (χ3n) is 4.50. The van der Waals surface area contributed by atoms with Crippen molar-refractivity contribution in [3.63, 3.8) is 0 Å². The Kier molecular flexibility index (Phi) is 5.65. The molecule has 1 fully saturated rings. The average Bonchev–Trinajstić information content (AvgIpc) is 2.44. The van der Waals surface area contributed by atoms with Crippen molar-refractivity contribution in [1.29, 1.82) is 0 Å². The van der Waals surface area contributed by atoms with E-state index in [1.165, 1.54) is 5.56 Å². The predicted molar refractivity (Wildman–Crippen MR) is 85.8 cm³/mol. The van der Waals surface area contributed by atoms with Crippen LogP contribution in [0.25, 0.3) is 0 Å². The van der Waals surface area contributed by atoms with E-state index in [4.69, 9.17) is 4.74 Å². The highest BCUT2D eigenvalue weighted by atomic mass is 79.9. The van der Waals surface area contributed by atoms with Gasteiger partial charge in [0.05, 0.1) is 11.7 Å². The Hall–Kier alpha value is -0.380.